The van der Waals surface area contributed by atoms with Gasteiger partial charge in [0.15, 0.2) is 0 Å². The third-order valence-corrected chi connectivity index (χ3v) is 2.20. The normalized spacial score (nSPS) is 34.2. The van der Waals surface area contributed by atoms with E-state index in [0.29, 0.717) is 11.8 Å². The van der Waals surface area contributed by atoms with Gasteiger partial charge >= 0.3 is 0 Å². The molecule has 0 heterocycles. The Labute approximate surface area is 61.9 Å². The molecule has 1 saturated carbocycles. The highest BCUT2D eigenvalue weighted by Gasteiger charge is 2.20. The van der Waals surface area contributed by atoms with Crippen LogP contribution < -0.4 is 0 Å². The fraction of sp³-hybridized carbons (Fsp3) is 0.875. The van der Waals surface area contributed by atoms with Gasteiger partial charge in [-0.25, -0.2) is 0 Å². The van der Waals surface area contributed by atoms with Crippen molar-refractivity contribution in [3.63, 3.8) is 0 Å². The summed E-state index contributed by atoms with van der Waals surface area (Å²) in [6.07, 6.45) is 5.27. The van der Waals surface area contributed by atoms with E-state index in [1.165, 1.54) is 0 Å². The number of hydrogen-bond acceptors (Lipinski definition) is 2. The minimum absolute atomic E-state index is 0.247. The van der Waals surface area contributed by atoms with E-state index in [1.807, 2.05) is 0 Å². The SMILES string of the molecule is OCC1[CH]CCC(CO)C1. The lowest BCUT2D eigenvalue weighted by atomic mass is 9.82. The van der Waals surface area contributed by atoms with Gasteiger partial charge in [0.1, 0.15) is 0 Å². The highest BCUT2D eigenvalue weighted by Crippen LogP contribution is 2.27. The third kappa shape index (κ3) is 1.96. The lowest BCUT2D eigenvalue weighted by Crippen LogP contribution is -2.21. The second-order valence-corrected chi connectivity index (χ2v) is 3.04. The molecule has 0 spiro atoms. The maximum absolute atomic E-state index is 8.81. The first kappa shape index (κ1) is 8.02. The highest BCUT2D eigenvalue weighted by molar-refractivity contribution is 4.84. The van der Waals surface area contributed by atoms with Gasteiger partial charge in [0.25, 0.3) is 0 Å². The van der Waals surface area contributed by atoms with Crippen LogP contribution in [0.2, 0.25) is 0 Å². The molecule has 59 valence electrons. The monoisotopic (exact) mass is 143 g/mol. The van der Waals surface area contributed by atoms with Gasteiger partial charge in [-0.15, -0.1) is 0 Å². The summed E-state index contributed by atoms with van der Waals surface area (Å²) in [4.78, 5) is 0. The Bertz CT molecular complexity index is 83.3. The van der Waals surface area contributed by atoms with Gasteiger partial charge < -0.3 is 10.2 Å². The van der Waals surface area contributed by atoms with E-state index in [0.717, 1.165) is 19.3 Å². The molecule has 1 aliphatic rings. The Morgan fingerprint density at radius 2 is 2.10 bits per heavy atom. The zero-order valence-electron chi connectivity index (χ0n) is 6.16. The Morgan fingerprint density at radius 3 is 2.70 bits per heavy atom. The summed E-state index contributed by atoms with van der Waals surface area (Å²) in [6, 6.07) is 0. The zero-order valence-corrected chi connectivity index (χ0v) is 6.16. The molecule has 2 heteroatoms. The van der Waals surface area contributed by atoms with Gasteiger partial charge in [0, 0.05) is 13.2 Å². The van der Waals surface area contributed by atoms with E-state index in [1.54, 1.807) is 0 Å². The van der Waals surface area contributed by atoms with Crippen molar-refractivity contribution in [3.05, 3.63) is 6.42 Å². The van der Waals surface area contributed by atoms with Crippen LogP contribution in [0.25, 0.3) is 0 Å². The average molecular weight is 143 g/mol. The van der Waals surface area contributed by atoms with Crippen LogP contribution in [0.1, 0.15) is 19.3 Å². The summed E-state index contributed by atoms with van der Waals surface area (Å²) in [5.74, 6) is 0.771. The van der Waals surface area contributed by atoms with Crippen LogP contribution in [0, 0.1) is 18.3 Å². The van der Waals surface area contributed by atoms with E-state index in [2.05, 4.69) is 6.42 Å². The number of aliphatic hydroxyl groups excluding tert-OH is 2. The van der Waals surface area contributed by atoms with Crippen molar-refractivity contribution in [1.29, 1.82) is 0 Å². The van der Waals surface area contributed by atoms with Gasteiger partial charge in [-0.3, -0.25) is 0 Å². The summed E-state index contributed by atoms with van der Waals surface area (Å²) in [6.45, 7) is 0.529. The van der Waals surface area contributed by atoms with Crippen molar-refractivity contribution in [1.82, 2.24) is 0 Å². The molecule has 0 aromatic carbocycles. The second kappa shape index (κ2) is 3.94. The number of aliphatic hydroxyl groups is 2. The van der Waals surface area contributed by atoms with Crippen LogP contribution in [-0.4, -0.2) is 23.4 Å². The molecule has 2 nitrogen and oxygen atoms in total. The van der Waals surface area contributed by atoms with E-state index in [9.17, 15) is 0 Å². The molecular formula is C8H15O2. The average Bonchev–Trinajstić information content (AvgIpc) is 2.05. The smallest absolute Gasteiger partial charge is 0.0462 e. The van der Waals surface area contributed by atoms with Crippen LogP contribution in [0.4, 0.5) is 0 Å². The standard InChI is InChI=1S/C8H15O2/c9-5-7-2-1-3-8(4-7)6-10/h2,7-10H,1,3-6H2. The molecule has 2 atom stereocenters. The zero-order chi connectivity index (χ0) is 7.40. The van der Waals surface area contributed by atoms with E-state index in [4.69, 9.17) is 10.2 Å². The Hall–Kier alpha value is -0.0800. The quantitative estimate of drug-likeness (QED) is 0.594. The van der Waals surface area contributed by atoms with Crippen LogP contribution in [0.5, 0.6) is 0 Å². The van der Waals surface area contributed by atoms with Crippen molar-refractivity contribution >= 4 is 0 Å². The van der Waals surface area contributed by atoms with Crippen LogP contribution in [0.3, 0.4) is 0 Å². The number of hydrogen-bond donors (Lipinski definition) is 2. The Balaban J connectivity index is 2.25. The van der Waals surface area contributed by atoms with Crippen molar-refractivity contribution in [2.45, 2.75) is 19.3 Å². The van der Waals surface area contributed by atoms with E-state index < -0.39 is 0 Å². The maximum Gasteiger partial charge on any atom is 0.0462 e. The molecule has 0 bridgehead atoms. The van der Waals surface area contributed by atoms with Crippen LogP contribution in [0.15, 0.2) is 0 Å². The first-order valence-electron chi connectivity index (χ1n) is 3.92. The van der Waals surface area contributed by atoms with Crippen molar-refractivity contribution in [3.8, 4) is 0 Å². The largest absolute Gasteiger partial charge is 0.396 e. The Morgan fingerprint density at radius 1 is 1.30 bits per heavy atom. The molecule has 1 radical (unpaired) electrons. The van der Waals surface area contributed by atoms with Gasteiger partial charge in [0.2, 0.25) is 0 Å². The first-order chi connectivity index (χ1) is 4.86. The molecule has 0 aromatic rings. The molecule has 0 aliphatic heterocycles. The second-order valence-electron chi connectivity index (χ2n) is 3.04. The molecule has 1 rings (SSSR count). The lowest BCUT2D eigenvalue weighted by molar-refractivity contribution is 0.148. The van der Waals surface area contributed by atoms with E-state index >= 15 is 0 Å². The predicted molar refractivity (Wildman–Crippen MR) is 39.3 cm³/mol. The molecule has 2 unspecified atom stereocenters. The lowest BCUT2D eigenvalue weighted by Gasteiger charge is -2.25. The van der Waals surface area contributed by atoms with Gasteiger partial charge in [-0.2, -0.15) is 0 Å². The molecular weight excluding hydrogens is 128 g/mol. The molecule has 2 N–H and O–H groups in total. The summed E-state index contributed by atoms with van der Waals surface area (Å²) >= 11 is 0. The molecule has 0 aromatic heterocycles. The molecule has 1 aliphatic carbocycles. The van der Waals surface area contributed by atoms with Gasteiger partial charge in [-0.05, 0) is 37.5 Å². The highest BCUT2D eigenvalue weighted by atomic mass is 16.3. The predicted octanol–water partition coefficient (Wildman–Crippen LogP) is 0.592. The van der Waals surface area contributed by atoms with E-state index in [-0.39, 0.29) is 13.2 Å². The summed E-state index contributed by atoms with van der Waals surface area (Å²) in [7, 11) is 0. The molecule has 1 fully saturated rings. The topological polar surface area (TPSA) is 40.5 Å². The fourth-order valence-electron chi connectivity index (χ4n) is 1.52. The summed E-state index contributed by atoms with van der Waals surface area (Å²) < 4.78 is 0. The molecule has 10 heavy (non-hydrogen) atoms. The minimum atomic E-state index is 0.247. The van der Waals surface area contributed by atoms with Gasteiger partial charge in [-0.1, -0.05) is 0 Å². The van der Waals surface area contributed by atoms with Crippen molar-refractivity contribution < 1.29 is 10.2 Å². The molecule has 0 saturated heterocycles. The summed E-state index contributed by atoms with van der Waals surface area (Å²) in [5, 5.41) is 17.6. The number of rotatable bonds is 2. The van der Waals surface area contributed by atoms with Crippen molar-refractivity contribution in [2.75, 3.05) is 13.2 Å². The molecule has 0 amide bonds. The fourth-order valence-corrected chi connectivity index (χ4v) is 1.52. The third-order valence-electron chi connectivity index (χ3n) is 2.20. The van der Waals surface area contributed by atoms with Crippen LogP contribution >= 0.6 is 0 Å². The maximum atomic E-state index is 8.81. The van der Waals surface area contributed by atoms with Gasteiger partial charge in [0.05, 0.1) is 0 Å². The summed E-state index contributed by atoms with van der Waals surface area (Å²) in [5.41, 5.74) is 0. The first-order valence-corrected chi connectivity index (χ1v) is 3.92. The van der Waals surface area contributed by atoms with Crippen LogP contribution in [-0.2, 0) is 0 Å². The Kier molecular flexibility index (Phi) is 3.16. The minimum Gasteiger partial charge on any atom is -0.396 e. The van der Waals surface area contributed by atoms with Crippen molar-refractivity contribution in [2.24, 2.45) is 11.8 Å².